The van der Waals surface area contributed by atoms with Crippen molar-refractivity contribution in [2.24, 2.45) is 0 Å². The Labute approximate surface area is 152 Å². The smallest absolute Gasteiger partial charge is 0.253 e. The van der Waals surface area contributed by atoms with Crippen LogP contribution in [-0.2, 0) is 0 Å². The first-order valence-electron chi connectivity index (χ1n) is 8.65. The number of rotatable bonds is 3. The van der Waals surface area contributed by atoms with E-state index in [0.29, 0.717) is 30.2 Å². The summed E-state index contributed by atoms with van der Waals surface area (Å²) in [6, 6.07) is 15.5. The normalized spacial score (nSPS) is 15.7. The molecule has 1 aliphatic rings. The van der Waals surface area contributed by atoms with E-state index in [2.05, 4.69) is 10.3 Å². The lowest BCUT2D eigenvalue weighted by atomic mass is 10.1. The summed E-state index contributed by atoms with van der Waals surface area (Å²) >= 11 is 0. The van der Waals surface area contributed by atoms with Crippen LogP contribution in [0.15, 0.2) is 48.5 Å². The minimum atomic E-state index is -0.217. The second-order valence-electron chi connectivity index (χ2n) is 6.53. The van der Waals surface area contributed by atoms with Gasteiger partial charge in [0.25, 0.3) is 5.91 Å². The number of hydrogen-bond donors (Lipinski definition) is 1. The van der Waals surface area contributed by atoms with Gasteiger partial charge < -0.3 is 14.8 Å². The molecular formula is C21H20N2O3. The first kappa shape index (κ1) is 16.4. The quantitative estimate of drug-likeness (QED) is 0.788. The van der Waals surface area contributed by atoms with Crippen molar-refractivity contribution in [3.63, 3.8) is 0 Å². The van der Waals surface area contributed by atoms with E-state index in [9.17, 15) is 4.79 Å². The van der Waals surface area contributed by atoms with Gasteiger partial charge in [-0.25, -0.2) is 0 Å². The fourth-order valence-corrected chi connectivity index (χ4v) is 3.07. The van der Waals surface area contributed by atoms with Gasteiger partial charge in [-0.15, -0.1) is 0 Å². The zero-order chi connectivity index (χ0) is 18.1. The minimum Gasteiger partial charge on any atom is -0.486 e. The van der Waals surface area contributed by atoms with E-state index in [0.717, 1.165) is 22.2 Å². The third-order valence-corrected chi connectivity index (χ3v) is 4.47. The summed E-state index contributed by atoms with van der Waals surface area (Å²) in [5.74, 6) is 1.29. The number of para-hydroxylation sites is 2. The molecule has 2 heterocycles. The topological polar surface area (TPSA) is 60.5 Å². The molecule has 5 nitrogen and oxygen atoms in total. The van der Waals surface area contributed by atoms with Crippen LogP contribution in [0.25, 0.3) is 10.9 Å². The molecule has 0 spiro atoms. The van der Waals surface area contributed by atoms with Crippen LogP contribution in [0.3, 0.4) is 0 Å². The number of fused-ring (bicyclic) bond motifs is 2. The van der Waals surface area contributed by atoms with E-state index in [1.54, 1.807) is 0 Å². The van der Waals surface area contributed by atoms with Crippen molar-refractivity contribution in [3.05, 3.63) is 65.4 Å². The van der Waals surface area contributed by atoms with Gasteiger partial charge in [0.2, 0.25) is 0 Å². The molecule has 0 aliphatic carbocycles. The average Bonchev–Trinajstić information content (AvgIpc) is 2.65. The molecule has 1 aromatic heterocycles. The summed E-state index contributed by atoms with van der Waals surface area (Å²) in [6.07, 6.45) is -0.217. The molecule has 1 aliphatic heterocycles. The number of carbonyl (C=O) groups excluding carboxylic acids is 1. The van der Waals surface area contributed by atoms with Gasteiger partial charge in [0.05, 0.1) is 23.3 Å². The number of aromatic nitrogens is 1. The van der Waals surface area contributed by atoms with Crippen LogP contribution < -0.4 is 14.8 Å². The number of nitrogens with one attached hydrogen (secondary N) is 1. The molecule has 0 fully saturated rings. The Morgan fingerprint density at radius 1 is 1.15 bits per heavy atom. The minimum absolute atomic E-state index is 0.153. The van der Waals surface area contributed by atoms with Crippen molar-refractivity contribution < 1.29 is 14.3 Å². The summed E-state index contributed by atoms with van der Waals surface area (Å²) < 4.78 is 11.6. The van der Waals surface area contributed by atoms with Gasteiger partial charge in [-0.3, -0.25) is 9.78 Å². The predicted octanol–water partition coefficient (Wildman–Crippen LogP) is 3.42. The first-order valence-corrected chi connectivity index (χ1v) is 8.65. The average molecular weight is 348 g/mol. The molecule has 0 saturated carbocycles. The van der Waals surface area contributed by atoms with E-state index in [4.69, 9.17) is 9.47 Å². The first-order chi connectivity index (χ1) is 12.6. The third-order valence-electron chi connectivity index (χ3n) is 4.47. The molecule has 5 heteroatoms. The molecule has 1 N–H and O–H groups in total. The fourth-order valence-electron chi connectivity index (χ4n) is 3.07. The Hall–Kier alpha value is -3.08. The van der Waals surface area contributed by atoms with E-state index >= 15 is 0 Å². The lowest BCUT2D eigenvalue weighted by Gasteiger charge is -2.26. The second-order valence-corrected chi connectivity index (χ2v) is 6.53. The predicted molar refractivity (Wildman–Crippen MR) is 99.9 cm³/mol. The van der Waals surface area contributed by atoms with Gasteiger partial charge in [-0.2, -0.15) is 0 Å². The van der Waals surface area contributed by atoms with E-state index < -0.39 is 0 Å². The highest BCUT2D eigenvalue weighted by atomic mass is 16.6. The molecule has 0 radical (unpaired) electrons. The zero-order valence-electron chi connectivity index (χ0n) is 14.8. The van der Waals surface area contributed by atoms with Crippen LogP contribution in [0.1, 0.15) is 21.6 Å². The Balaban J connectivity index is 1.46. The highest BCUT2D eigenvalue weighted by Crippen LogP contribution is 2.30. The van der Waals surface area contributed by atoms with E-state index in [1.807, 2.05) is 62.4 Å². The molecule has 0 unspecified atom stereocenters. The summed E-state index contributed by atoms with van der Waals surface area (Å²) in [5, 5.41) is 3.89. The molecule has 2 aromatic carbocycles. The molecule has 0 saturated heterocycles. The van der Waals surface area contributed by atoms with Crippen LogP contribution in [-0.4, -0.2) is 30.1 Å². The fraction of sp³-hybridized carbons (Fsp3) is 0.238. The summed E-state index contributed by atoms with van der Waals surface area (Å²) in [5.41, 5.74) is 3.35. The largest absolute Gasteiger partial charge is 0.486 e. The standard InChI is InChI=1S/C21H20N2O3/c1-13-7-8-15-10-17(14(2)23-18(15)9-13)21(24)22-11-16-12-25-19-5-3-4-6-20(19)26-16/h3-10,16H,11-12H2,1-2H3,(H,22,24)/t16-/m1/s1. The number of pyridine rings is 1. The van der Waals surface area contributed by atoms with Gasteiger partial charge in [0.15, 0.2) is 11.5 Å². The van der Waals surface area contributed by atoms with Crippen LogP contribution in [0.5, 0.6) is 11.5 Å². The Morgan fingerprint density at radius 2 is 1.96 bits per heavy atom. The van der Waals surface area contributed by atoms with Crippen molar-refractivity contribution in [2.45, 2.75) is 20.0 Å². The van der Waals surface area contributed by atoms with Gasteiger partial charge in [-0.1, -0.05) is 24.3 Å². The maximum Gasteiger partial charge on any atom is 0.253 e. The number of nitrogens with zero attached hydrogens (tertiary/aromatic N) is 1. The van der Waals surface area contributed by atoms with Crippen LogP contribution in [0, 0.1) is 13.8 Å². The number of carbonyl (C=O) groups is 1. The number of ether oxygens (including phenoxy) is 2. The van der Waals surface area contributed by atoms with Crippen molar-refractivity contribution >= 4 is 16.8 Å². The number of benzene rings is 2. The van der Waals surface area contributed by atoms with Crippen molar-refractivity contribution in [1.82, 2.24) is 10.3 Å². The van der Waals surface area contributed by atoms with Crippen molar-refractivity contribution in [3.8, 4) is 11.5 Å². The molecule has 4 rings (SSSR count). The maximum atomic E-state index is 12.6. The highest BCUT2D eigenvalue weighted by molar-refractivity contribution is 5.98. The van der Waals surface area contributed by atoms with Gasteiger partial charge >= 0.3 is 0 Å². The SMILES string of the molecule is Cc1ccc2cc(C(=O)NC[C@@H]3COc4ccccc4O3)c(C)nc2c1. The van der Waals surface area contributed by atoms with Crippen LogP contribution in [0.4, 0.5) is 0 Å². The third kappa shape index (κ3) is 3.20. The Morgan fingerprint density at radius 3 is 2.81 bits per heavy atom. The Kier molecular flexibility index (Phi) is 4.21. The van der Waals surface area contributed by atoms with E-state index in [-0.39, 0.29) is 12.0 Å². The second kappa shape index (κ2) is 6.67. The molecule has 1 atom stereocenters. The van der Waals surface area contributed by atoms with Crippen LogP contribution >= 0.6 is 0 Å². The van der Waals surface area contributed by atoms with Crippen molar-refractivity contribution in [1.29, 1.82) is 0 Å². The lowest BCUT2D eigenvalue weighted by molar-refractivity contribution is 0.0788. The van der Waals surface area contributed by atoms with Gasteiger partial charge in [0.1, 0.15) is 12.7 Å². The van der Waals surface area contributed by atoms with Gasteiger partial charge in [-0.05, 0) is 43.7 Å². The molecule has 1 amide bonds. The lowest BCUT2D eigenvalue weighted by Crippen LogP contribution is -2.40. The molecule has 3 aromatic rings. The van der Waals surface area contributed by atoms with Gasteiger partial charge in [0, 0.05) is 5.39 Å². The summed E-state index contributed by atoms with van der Waals surface area (Å²) in [4.78, 5) is 17.2. The summed E-state index contributed by atoms with van der Waals surface area (Å²) in [6.45, 7) is 4.67. The monoisotopic (exact) mass is 348 g/mol. The summed E-state index contributed by atoms with van der Waals surface area (Å²) in [7, 11) is 0. The number of aryl methyl sites for hydroxylation is 2. The molecular weight excluding hydrogens is 328 g/mol. The molecule has 0 bridgehead atoms. The molecule has 26 heavy (non-hydrogen) atoms. The van der Waals surface area contributed by atoms with Crippen LogP contribution in [0.2, 0.25) is 0 Å². The Bertz CT molecular complexity index is 984. The highest BCUT2D eigenvalue weighted by Gasteiger charge is 2.22. The zero-order valence-corrected chi connectivity index (χ0v) is 14.8. The number of amides is 1. The van der Waals surface area contributed by atoms with E-state index in [1.165, 1.54) is 0 Å². The maximum absolute atomic E-state index is 12.6. The van der Waals surface area contributed by atoms with Crippen molar-refractivity contribution in [2.75, 3.05) is 13.2 Å². The number of hydrogen-bond acceptors (Lipinski definition) is 4. The molecule has 132 valence electrons.